The first-order valence-corrected chi connectivity index (χ1v) is 14.2. The van der Waals surface area contributed by atoms with E-state index in [9.17, 15) is 18.4 Å². The second kappa shape index (κ2) is 15.2. The van der Waals surface area contributed by atoms with Crippen molar-refractivity contribution in [3.05, 3.63) is 106 Å². The summed E-state index contributed by atoms with van der Waals surface area (Å²) in [5.74, 6) is -1.18. The van der Waals surface area contributed by atoms with E-state index in [0.717, 1.165) is 11.1 Å². The fraction of sp³-hybridized carbons (Fsp3) is 0.375. The van der Waals surface area contributed by atoms with Crippen molar-refractivity contribution >= 4 is 23.4 Å². The van der Waals surface area contributed by atoms with Gasteiger partial charge in [-0.25, -0.2) is 8.78 Å². The molecule has 4 rings (SSSR count). The number of Topliss-reactive ketones (excluding diaryl/α,β-unsaturated/α-hetero) is 1. The number of ketones is 1. The molecule has 1 aliphatic rings. The Hall–Kier alpha value is -3.17. The number of carbonyl (C=O) groups excluding carboxylic acids is 2. The summed E-state index contributed by atoms with van der Waals surface area (Å²) in [6.07, 6.45) is 1.86. The number of rotatable bonds is 13. The minimum Gasteiger partial charge on any atom is -0.464 e. The Kier molecular flexibility index (Phi) is 11.4. The molecule has 0 amide bonds. The summed E-state index contributed by atoms with van der Waals surface area (Å²) < 4.78 is 39.1. The Morgan fingerprint density at radius 2 is 1.78 bits per heavy atom. The van der Waals surface area contributed by atoms with E-state index in [0.29, 0.717) is 55.0 Å². The minimum atomic E-state index is -0.745. The lowest BCUT2D eigenvalue weighted by atomic mass is 9.93. The van der Waals surface area contributed by atoms with Crippen molar-refractivity contribution in [2.75, 3.05) is 19.8 Å². The lowest BCUT2D eigenvalue weighted by molar-refractivity contribution is -0.145. The average Bonchev–Trinajstić information content (AvgIpc) is 2.97. The van der Waals surface area contributed by atoms with Gasteiger partial charge in [0.1, 0.15) is 18.2 Å². The first-order chi connectivity index (χ1) is 19.8. The van der Waals surface area contributed by atoms with E-state index in [1.54, 1.807) is 30.3 Å². The lowest BCUT2D eigenvalue weighted by Gasteiger charge is -2.30. The van der Waals surface area contributed by atoms with Gasteiger partial charge in [0.05, 0.1) is 24.8 Å². The molecule has 1 saturated heterocycles. The summed E-state index contributed by atoms with van der Waals surface area (Å²) in [6.45, 7) is 1.07. The van der Waals surface area contributed by atoms with Crippen LogP contribution in [0.3, 0.4) is 0 Å². The number of halogens is 3. The van der Waals surface area contributed by atoms with Gasteiger partial charge in [-0.15, -0.1) is 0 Å². The highest BCUT2D eigenvalue weighted by Gasteiger charge is 2.24. The third kappa shape index (κ3) is 9.43. The number of esters is 1. The van der Waals surface area contributed by atoms with Crippen LogP contribution in [-0.2, 0) is 44.7 Å². The highest BCUT2D eigenvalue weighted by Crippen LogP contribution is 2.21. The zero-order chi connectivity index (χ0) is 29.2. The van der Waals surface area contributed by atoms with E-state index in [4.69, 9.17) is 26.8 Å². The molecule has 3 aromatic carbocycles. The largest absolute Gasteiger partial charge is 0.464 e. The lowest BCUT2D eigenvalue weighted by Crippen LogP contribution is -2.49. The molecule has 0 spiro atoms. The van der Waals surface area contributed by atoms with Crippen LogP contribution in [0.1, 0.15) is 35.1 Å². The number of hydrogen-bond donors (Lipinski definition) is 2. The van der Waals surface area contributed by atoms with Gasteiger partial charge in [-0.2, -0.15) is 0 Å². The summed E-state index contributed by atoms with van der Waals surface area (Å²) >= 11 is 6.21. The van der Waals surface area contributed by atoms with Crippen molar-refractivity contribution in [1.82, 2.24) is 5.32 Å². The number of carbonyl (C=O) groups is 2. The SMILES string of the molecule is N[C@@H](Cc1ccccc1Cl)C(=O)Cc1cccc(F)c1CC[C@@H]1CN[C@H](COC(=O)CCc2ccc(F)cc2)CO1. The molecular formula is C32H35ClF2N2O4. The number of morpholine rings is 1. The van der Waals surface area contributed by atoms with E-state index in [1.165, 1.54) is 18.2 Å². The number of aryl methyl sites for hydroxylation is 1. The summed E-state index contributed by atoms with van der Waals surface area (Å²) in [5, 5.41) is 3.89. The molecule has 41 heavy (non-hydrogen) atoms. The predicted molar refractivity (Wildman–Crippen MR) is 154 cm³/mol. The molecule has 1 heterocycles. The van der Waals surface area contributed by atoms with Crippen LogP contribution in [-0.4, -0.2) is 49.7 Å². The normalized spacial score (nSPS) is 17.7. The molecule has 0 radical (unpaired) electrons. The maximum atomic E-state index is 14.8. The van der Waals surface area contributed by atoms with Crippen LogP contribution in [0, 0.1) is 11.6 Å². The first kappa shape index (κ1) is 30.8. The molecule has 3 atom stereocenters. The van der Waals surface area contributed by atoms with Gasteiger partial charge in [-0.1, -0.05) is 54.1 Å². The third-order valence-corrected chi connectivity index (χ3v) is 7.62. The summed E-state index contributed by atoms with van der Waals surface area (Å²) in [7, 11) is 0. The van der Waals surface area contributed by atoms with Crippen molar-refractivity contribution in [3.8, 4) is 0 Å². The predicted octanol–water partition coefficient (Wildman–Crippen LogP) is 4.77. The Labute approximate surface area is 244 Å². The molecule has 1 fully saturated rings. The quantitative estimate of drug-likeness (QED) is 0.281. The maximum Gasteiger partial charge on any atom is 0.306 e. The number of nitrogens with one attached hydrogen (secondary N) is 1. The molecule has 6 nitrogen and oxygen atoms in total. The molecule has 3 N–H and O–H groups in total. The van der Waals surface area contributed by atoms with Crippen LogP contribution in [0.4, 0.5) is 8.78 Å². The zero-order valence-corrected chi connectivity index (χ0v) is 23.5. The van der Waals surface area contributed by atoms with Crippen LogP contribution >= 0.6 is 11.6 Å². The first-order valence-electron chi connectivity index (χ1n) is 13.8. The van der Waals surface area contributed by atoms with Crippen molar-refractivity contribution in [3.63, 3.8) is 0 Å². The van der Waals surface area contributed by atoms with Crippen molar-refractivity contribution in [1.29, 1.82) is 0 Å². The molecule has 218 valence electrons. The molecule has 1 aliphatic heterocycles. The van der Waals surface area contributed by atoms with Gasteiger partial charge in [0.25, 0.3) is 0 Å². The van der Waals surface area contributed by atoms with Gasteiger partial charge in [0, 0.05) is 24.4 Å². The van der Waals surface area contributed by atoms with E-state index >= 15 is 0 Å². The summed E-state index contributed by atoms with van der Waals surface area (Å²) in [5.41, 5.74) is 8.96. The highest BCUT2D eigenvalue weighted by atomic mass is 35.5. The van der Waals surface area contributed by atoms with Gasteiger partial charge in [0.15, 0.2) is 5.78 Å². The molecule has 0 bridgehead atoms. The fourth-order valence-corrected chi connectivity index (χ4v) is 5.02. The topological polar surface area (TPSA) is 90.7 Å². The fourth-order valence-electron chi connectivity index (χ4n) is 4.81. The van der Waals surface area contributed by atoms with Gasteiger partial charge < -0.3 is 20.5 Å². The van der Waals surface area contributed by atoms with Crippen LogP contribution < -0.4 is 11.1 Å². The van der Waals surface area contributed by atoms with Gasteiger partial charge in [-0.05, 0) is 72.2 Å². The Morgan fingerprint density at radius 3 is 2.51 bits per heavy atom. The molecular weight excluding hydrogens is 550 g/mol. The molecule has 0 aliphatic carbocycles. The second-order valence-electron chi connectivity index (χ2n) is 10.3. The monoisotopic (exact) mass is 584 g/mol. The molecule has 9 heteroatoms. The zero-order valence-electron chi connectivity index (χ0n) is 22.8. The van der Waals surface area contributed by atoms with Crippen molar-refractivity contribution < 1.29 is 27.8 Å². The standard InChI is InChI=1S/C32H35ClF2N2O4/c33-28-6-2-1-4-23(28)16-30(36)31(38)17-22-5-3-7-29(35)27(22)14-13-26-18-37-25(19-40-26)20-41-32(39)15-10-21-8-11-24(34)12-9-21/h1-9,11-12,25-26,30,37H,10,13-20,36H2/t25-,26+,30-/m0/s1. The van der Waals surface area contributed by atoms with E-state index in [-0.39, 0.29) is 55.0 Å². The van der Waals surface area contributed by atoms with Crippen LogP contribution in [0.2, 0.25) is 5.02 Å². The Balaban J connectivity index is 1.20. The Morgan fingerprint density at radius 1 is 1.02 bits per heavy atom. The van der Waals surface area contributed by atoms with Gasteiger partial charge in [0.2, 0.25) is 0 Å². The summed E-state index contributed by atoms with van der Waals surface area (Å²) in [4.78, 5) is 25.0. The van der Waals surface area contributed by atoms with E-state index in [1.807, 2.05) is 18.2 Å². The summed E-state index contributed by atoms with van der Waals surface area (Å²) in [6, 6.07) is 17.2. The molecule has 0 aromatic heterocycles. The third-order valence-electron chi connectivity index (χ3n) is 7.25. The second-order valence-corrected chi connectivity index (χ2v) is 10.7. The maximum absolute atomic E-state index is 14.8. The van der Waals surface area contributed by atoms with Crippen LogP contribution in [0.15, 0.2) is 66.7 Å². The van der Waals surface area contributed by atoms with Gasteiger partial charge in [-0.3, -0.25) is 9.59 Å². The van der Waals surface area contributed by atoms with Crippen LogP contribution in [0.25, 0.3) is 0 Å². The molecule has 0 saturated carbocycles. The average molecular weight is 585 g/mol. The number of nitrogens with two attached hydrogens (primary N) is 1. The number of hydrogen-bond acceptors (Lipinski definition) is 6. The Bertz CT molecular complexity index is 1310. The van der Waals surface area contributed by atoms with E-state index in [2.05, 4.69) is 5.32 Å². The number of ether oxygens (including phenoxy) is 2. The number of benzene rings is 3. The minimum absolute atomic E-state index is 0.0388. The van der Waals surface area contributed by atoms with E-state index < -0.39 is 6.04 Å². The van der Waals surface area contributed by atoms with Crippen LogP contribution in [0.5, 0.6) is 0 Å². The smallest absolute Gasteiger partial charge is 0.306 e. The highest BCUT2D eigenvalue weighted by molar-refractivity contribution is 6.31. The molecule has 0 unspecified atom stereocenters. The van der Waals surface area contributed by atoms with Crippen molar-refractivity contribution in [2.24, 2.45) is 5.73 Å². The molecule has 3 aromatic rings. The van der Waals surface area contributed by atoms with Crippen molar-refractivity contribution in [2.45, 2.75) is 56.7 Å². The van der Waals surface area contributed by atoms with Gasteiger partial charge >= 0.3 is 5.97 Å².